The predicted octanol–water partition coefficient (Wildman–Crippen LogP) is 2.91. The van der Waals surface area contributed by atoms with Gasteiger partial charge in [0.15, 0.2) is 11.5 Å². The molecule has 0 bridgehead atoms. The van der Waals surface area contributed by atoms with Crippen molar-refractivity contribution in [3.8, 4) is 17.6 Å². The van der Waals surface area contributed by atoms with Crippen LogP contribution >= 0.6 is 0 Å². The van der Waals surface area contributed by atoms with Crippen LogP contribution in [0.15, 0.2) is 24.3 Å². The Hall–Kier alpha value is -1.69. The van der Waals surface area contributed by atoms with Crippen molar-refractivity contribution in [2.75, 3.05) is 6.61 Å². The first kappa shape index (κ1) is 10.8. The van der Waals surface area contributed by atoms with Gasteiger partial charge in [-0.3, -0.25) is 0 Å². The summed E-state index contributed by atoms with van der Waals surface area (Å²) < 4.78 is 11.4. The van der Waals surface area contributed by atoms with Gasteiger partial charge in [0.2, 0.25) is 5.60 Å². The van der Waals surface area contributed by atoms with Crippen LogP contribution in [0.4, 0.5) is 0 Å². The molecule has 1 aromatic rings. The second-order valence-corrected chi connectivity index (χ2v) is 4.05. The number of unbranched alkanes of at least 4 members (excludes halogenated alkanes) is 1. The van der Waals surface area contributed by atoms with E-state index in [0.717, 1.165) is 18.6 Å². The lowest BCUT2D eigenvalue weighted by molar-refractivity contribution is 0.0277. The summed E-state index contributed by atoms with van der Waals surface area (Å²) in [7, 11) is 0. The molecular weight excluding hydrogens is 202 g/mol. The fourth-order valence-corrected chi connectivity index (χ4v) is 1.78. The lowest BCUT2D eigenvalue weighted by Gasteiger charge is -2.32. The van der Waals surface area contributed by atoms with Crippen LogP contribution in [0.2, 0.25) is 0 Å². The summed E-state index contributed by atoms with van der Waals surface area (Å²) in [6.45, 7) is 2.42. The smallest absolute Gasteiger partial charge is 0.227 e. The summed E-state index contributed by atoms with van der Waals surface area (Å²) in [6.07, 6.45) is 2.74. The third kappa shape index (κ3) is 1.96. The SMILES string of the molecule is CCCCC1(C#N)COc2ccccc2O1. The zero-order valence-electron chi connectivity index (χ0n) is 9.40. The van der Waals surface area contributed by atoms with E-state index in [2.05, 4.69) is 13.0 Å². The summed E-state index contributed by atoms with van der Waals surface area (Å²) in [5.41, 5.74) is -0.801. The van der Waals surface area contributed by atoms with Crippen LogP contribution in [0.1, 0.15) is 26.2 Å². The standard InChI is InChI=1S/C13H15NO2/c1-2-3-8-13(9-14)10-15-11-6-4-5-7-12(11)16-13/h4-7H,2-3,8,10H2,1H3. The van der Waals surface area contributed by atoms with Crippen LogP contribution in [-0.4, -0.2) is 12.2 Å². The van der Waals surface area contributed by atoms with Gasteiger partial charge in [0.1, 0.15) is 12.7 Å². The van der Waals surface area contributed by atoms with Crippen molar-refractivity contribution in [3.05, 3.63) is 24.3 Å². The highest BCUT2D eigenvalue weighted by atomic mass is 16.6. The number of fused-ring (bicyclic) bond motifs is 1. The highest BCUT2D eigenvalue weighted by Crippen LogP contribution is 2.36. The zero-order valence-corrected chi connectivity index (χ0v) is 9.40. The molecule has 0 spiro atoms. The van der Waals surface area contributed by atoms with Gasteiger partial charge in [-0.05, 0) is 18.6 Å². The molecule has 0 saturated heterocycles. The molecule has 1 aliphatic heterocycles. The minimum Gasteiger partial charge on any atom is -0.484 e. The van der Waals surface area contributed by atoms with Crippen molar-refractivity contribution in [1.82, 2.24) is 0 Å². The van der Waals surface area contributed by atoms with E-state index in [1.807, 2.05) is 24.3 Å². The molecule has 1 atom stereocenters. The van der Waals surface area contributed by atoms with Gasteiger partial charge >= 0.3 is 0 Å². The van der Waals surface area contributed by atoms with E-state index < -0.39 is 5.60 Å². The number of nitrogens with zero attached hydrogens (tertiary/aromatic N) is 1. The molecule has 3 nitrogen and oxygen atoms in total. The topological polar surface area (TPSA) is 42.2 Å². The number of nitriles is 1. The Kier molecular flexibility index (Phi) is 3.00. The monoisotopic (exact) mass is 217 g/mol. The van der Waals surface area contributed by atoms with Gasteiger partial charge in [0.25, 0.3) is 0 Å². The van der Waals surface area contributed by atoms with Crippen LogP contribution < -0.4 is 9.47 Å². The Morgan fingerprint density at radius 3 is 2.81 bits per heavy atom. The molecule has 84 valence electrons. The van der Waals surface area contributed by atoms with Gasteiger partial charge in [-0.1, -0.05) is 25.5 Å². The molecule has 3 heteroatoms. The predicted molar refractivity (Wildman–Crippen MR) is 60.4 cm³/mol. The molecule has 1 heterocycles. The van der Waals surface area contributed by atoms with Crippen LogP contribution in [0.3, 0.4) is 0 Å². The first-order valence-electron chi connectivity index (χ1n) is 5.62. The van der Waals surface area contributed by atoms with Crippen LogP contribution in [0.5, 0.6) is 11.5 Å². The van der Waals surface area contributed by atoms with Crippen LogP contribution in [-0.2, 0) is 0 Å². The number of benzene rings is 1. The summed E-state index contributed by atoms with van der Waals surface area (Å²) in [4.78, 5) is 0. The first-order valence-corrected chi connectivity index (χ1v) is 5.62. The van der Waals surface area contributed by atoms with Gasteiger partial charge in [-0.15, -0.1) is 0 Å². The van der Waals surface area contributed by atoms with Crippen molar-refractivity contribution in [2.24, 2.45) is 0 Å². The van der Waals surface area contributed by atoms with E-state index in [9.17, 15) is 5.26 Å². The molecule has 1 aromatic carbocycles. The molecule has 1 unspecified atom stereocenters. The second-order valence-electron chi connectivity index (χ2n) is 4.05. The third-order valence-corrected chi connectivity index (χ3v) is 2.75. The molecule has 0 N–H and O–H groups in total. The van der Waals surface area contributed by atoms with E-state index in [1.165, 1.54) is 0 Å². The Morgan fingerprint density at radius 2 is 2.12 bits per heavy atom. The van der Waals surface area contributed by atoms with Gasteiger partial charge < -0.3 is 9.47 Å². The molecule has 0 aliphatic carbocycles. The van der Waals surface area contributed by atoms with Gasteiger partial charge in [0, 0.05) is 6.42 Å². The number of rotatable bonds is 3. The van der Waals surface area contributed by atoms with Crippen LogP contribution in [0, 0.1) is 11.3 Å². The minimum atomic E-state index is -0.801. The second kappa shape index (κ2) is 4.44. The Bertz CT molecular complexity index is 411. The first-order chi connectivity index (χ1) is 7.79. The molecule has 2 rings (SSSR count). The fourth-order valence-electron chi connectivity index (χ4n) is 1.78. The van der Waals surface area contributed by atoms with E-state index in [-0.39, 0.29) is 0 Å². The molecule has 0 saturated carbocycles. The average Bonchev–Trinajstić information content (AvgIpc) is 2.36. The Balaban J connectivity index is 2.19. The van der Waals surface area contributed by atoms with E-state index in [1.54, 1.807) is 0 Å². The molecular formula is C13H15NO2. The lowest BCUT2D eigenvalue weighted by atomic mass is 9.98. The van der Waals surface area contributed by atoms with Crippen molar-refractivity contribution in [3.63, 3.8) is 0 Å². The highest BCUT2D eigenvalue weighted by Gasteiger charge is 2.37. The maximum atomic E-state index is 9.24. The third-order valence-electron chi connectivity index (χ3n) is 2.75. The van der Waals surface area contributed by atoms with Crippen molar-refractivity contribution < 1.29 is 9.47 Å². The molecule has 0 aromatic heterocycles. The van der Waals surface area contributed by atoms with E-state index >= 15 is 0 Å². The number of ether oxygens (including phenoxy) is 2. The highest BCUT2D eigenvalue weighted by molar-refractivity contribution is 5.42. The maximum absolute atomic E-state index is 9.24. The summed E-state index contributed by atoms with van der Waals surface area (Å²) in [5, 5.41) is 9.24. The van der Waals surface area contributed by atoms with E-state index in [4.69, 9.17) is 9.47 Å². The zero-order chi connectivity index (χ0) is 11.4. The van der Waals surface area contributed by atoms with Crippen LogP contribution in [0.25, 0.3) is 0 Å². The maximum Gasteiger partial charge on any atom is 0.227 e. The lowest BCUT2D eigenvalue weighted by Crippen LogP contribution is -2.43. The Labute approximate surface area is 95.6 Å². The number of para-hydroxylation sites is 2. The van der Waals surface area contributed by atoms with Crippen molar-refractivity contribution >= 4 is 0 Å². The molecule has 1 aliphatic rings. The summed E-state index contributed by atoms with van der Waals surface area (Å²) >= 11 is 0. The van der Waals surface area contributed by atoms with Gasteiger partial charge in [-0.2, -0.15) is 5.26 Å². The molecule has 16 heavy (non-hydrogen) atoms. The summed E-state index contributed by atoms with van der Waals surface area (Å²) in [5.74, 6) is 1.40. The largest absolute Gasteiger partial charge is 0.484 e. The normalized spacial score (nSPS) is 22.5. The van der Waals surface area contributed by atoms with Gasteiger partial charge in [-0.25, -0.2) is 0 Å². The van der Waals surface area contributed by atoms with Crippen molar-refractivity contribution in [2.45, 2.75) is 31.8 Å². The molecule has 0 radical (unpaired) electrons. The molecule has 0 amide bonds. The minimum absolute atomic E-state index is 0.320. The quantitative estimate of drug-likeness (QED) is 0.781. The fraction of sp³-hybridized carbons (Fsp3) is 0.462. The van der Waals surface area contributed by atoms with E-state index in [0.29, 0.717) is 18.8 Å². The summed E-state index contributed by atoms with van der Waals surface area (Å²) in [6, 6.07) is 9.72. The number of hydrogen-bond acceptors (Lipinski definition) is 3. The average molecular weight is 217 g/mol. The Morgan fingerprint density at radius 1 is 1.38 bits per heavy atom. The van der Waals surface area contributed by atoms with Gasteiger partial charge in [0.05, 0.1) is 0 Å². The van der Waals surface area contributed by atoms with Crippen molar-refractivity contribution in [1.29, 1.82) is 5.26 Å². The number of hydrogen-bond donors (Lipinski definition) is 0. The molecule has 0 fully saturated rings.